The number of halogens is 4. The van der Waals surface area contributed by atoms with Crippen LogP contribution in [-0.4, -0.2) is 30.8 Å². The molecule has 0 aliphatic rings. The predicted octanol–water partition coefficient (Wildman–Crippen LogP) is 4.32. The number of benzene rings is 1. The first-order valence-corrected chi connectivity index (χ1v) is 9.18. The van der Waals surface area contributed by atoms with Crippen LogP contribution in [0.25, 0.3) is 0 Å². The first-order chi connectivity index (χ1) is 12.8. The van der Waals surface area contributed by atoms with E-state index in [0.717, 1.165) is 16.3 Å². The van der Waals surface area contributed by atoms with Crippen molar-refractivity contribution in [2.75, 3.05) is 13.7 Å². The fraction of sp³-hybridized carbons (Fsp3) is 0.444. The second-order valence-electron chi connectivity index (χ2n) is 5.95. The van der Waals surface area contributed by atoms with Crippen LogP contribution in [0.5, 0.6) is 0 Å². The Hall–Kier alpha value is -1.40. The van der Waals surface area contributed by atoms with Crippen molar-refractivity contribution in [3.8, 4) is 0 Å². The molecule has 1 aromatic carbocycles. The Morgan fingerprint density at radius 1 is 1.11 bits per heavy atom. The molecular formula is C18H24F3IN4OS. The molecule has 5 nitrogen and oxygen atoms in total. The van der Waals surface area contributed by atoms with Crippen LogP contribution < -0.4 is 10.6 Å². The summed E-state index contributed by atoms with van der Waals surface area (Å²) in [6.07, 6.45) is -4.30. The van der Waals surface area contributed by atoms with E-state index in [2.05, 4.69) is 25.3 Å². The third-order valence-electron chi connectivity index (χ3n) is 3.66. The number of nitrogens with one attached hydrogen (secondary N) is 2. The van der Waals surface area contributed by atoms with Gasteiger partial charge in [-0.3, -0.25) is 4.99 Å². The summed E-state index contributed by atoms with van der Waals surface area (Å²) in [5.74, 6) is 0.665. The van der Waals surface area contributed by atoms with Gasteiger partial charge in [0.25, 0.3) is 0 Å². The van der Waals surface area contributed by atoms with E-state index in [1.165, 1.54) is 4.88 Å². The summed E-state index contributed by atoms with van der Waals surface area (Å²) in [6.45, 7) is 3.85. The molecular weight excluding hydrogens is 504 g/mol. The molecule has 0 fully saturated rings. The number of aliphatic imine (C=N–C) groups is 1. The summed E-state index contributed by atoms with van der Waals surface area (Å²) < 4.78 is 40.9. The van der Waals surface area contributed by atoms with Crippen molar-refractivity contribution in [2.45, 2.75) is 39.7 Å². The van der Waals surface area contributed by atoms with Crippen molar-refractivity contribution < 1.29 is 17.9 Å². The normalized spacial score (nSPS) is 11.9. The molecule has 0 unspecified atom stereocenters. The zero-order chi connectivity index (χ0) is 19.9. The molecule has 0 spiro atoms. The minimum Gasteiger partial charge on any atom is -0.367 e. The molecule has 2 rings (SSSR count). The lowest BCUT2D eigenvalue weighted by Crippen LogP contribution is -2.36. The molecule has 0 atom stereocenters. The molecule has 28 heavy (non-hydrogen) atoms. The fourth-order valence-corrected chi connectivity index (χ4v) is 3.22. The lowest BCUT2D eigenvalue weighted by Gasteiger charge is -2.12. The molecule has 2 aromatic rings. The van der Waals surface area contributed by atoms with E-state index < -0.39 is 12.8 Å². The highest BCUT2D eigenvalue weighted by Crippen LogP contribution is 2.17. The summed E-state index contributed by atoms with van der Waals surface area (Å²) in [7, 11) is 1.70. The second kappa shape index (κ2) is 11.6. The highest BCUT2D eigenvalue weighted by Gasteiger charge is 2.27. The van der Waals surface area contributed by atoms with E-state index in [0.29, 0.717) is 24.6 Å². The van der Waals surface area contributed by atoms with Crippen LogP contribution >= 0.6 is 35.3 Å². The Kier molecular flexibility index (Phi) is 10.2. The second-order valence-corrected chi connectivity index (χ2v) is 7.23. The van der Waals surface area contributed by atoms with Crippen molar-refractivity contribution in [3.63, 3.8) is 0 Å². The number of hydrogen-bond acceptors (Lipinski definition) is 4. The minimum atomic E-state index is -4.30. The van der Waals surface area contributed by atoms with Crippen molar-refractivity contribution in [3.05, 3.63) is 51.0 Å². The van der Waals surface area contributed by atoms with Gasteiger partial charge in [-0.25, -0.2) is 4.98 Å². The molecule has 156 valence electrons. The first kappa shape index (κ1) is 24.6. The number of aryl methyl sites for hydroxylation is 2. The number of guanidine groups is 1. The highest BCUT2D eigenvalue weighted by molar-refractivity contribution is 14.0. The van der Waals surface area contributed by atoms with Crippen LogP contribution in [0.3, 0.4) is 0 Å². The standard InChI is InChI=1S/C18H23F3N4OS.HI/c1-12-16(27-13(2)25-12)9-24-17(22-3)23-8-14-4-6-15(7-5-14)10-26-11-18(19,20)21;/h4-7H,8-11H2,1-3H3,(H2,22,23,24);1H. The number of alkyl halides is 3. The SMILES string of the molecule is CN=C(NCc1ccc(COCC(F)(F)F)cc1)NCc1sc(C)nc1C.I. The van der Waals surface area contributed by atoms with Crippen molar-refractivity contribution in [1.82, 2.24) is 15.6 Å². The van der Waals surface area contributed by atoms with Gasteiger partial charge in [0, 0.05) is 18.5 Å². The van der Waals surface area contributed by atoms with Crippen molar-refractivity contribution >= 4 is 41.3 Å². The molecule has 2 N–H and O–H groups in total. The van der Waals surface area contributed by atoms with E-state index in [1.54, 1.807) is 30.5 Å². The maximum atomic E-state index is 12.1. The maximum absolute atomic E-state index is 12.1. The lowest BCUT2D eigenvalue weighted by molar-refractivity contribution is -0.176. The molecule has 0 radical (unpaired) electrons. The van der Waals surface area contributed by atoms with Gasteiger partial charge in [0.15, 0.2) is 5.96 Å². The molecule has 0 saturated carbocycles. The topological polar surface area (TPSA) is 58.5 Å². The molecule has 0 amide bonds. The molecule has 1 aromatic heterocycles. The number of rotatable bonds is 7. The van der Waals surface area contributed by atoms with Gasteiger partial charge in [-0.05, 0) is 25.0 Å². The third-order valence-corrected chi connectivity index (χ3v) is 4.73. The van der Waals surface area contributed by atoms with Crippen molar-refractivity contribution in [1.29, 1.82) is 0 Å². The van der Waals surface area contributed by atoms with Gasteiger partial charge in [0.05, 0.1) is 23.9 Å². The van der Waals surface area contributed by atoms with Gasteiger partial charge in [-0.15, -0.1) is 35.3 Å². The summed E-state index contributed by atoms with van der Waals surface area (Å²) in [5.41, 5.74) is 2.70. The van der Waals surface area contributed by atoms with E-state index in [4.69, 9.17) is 0 Å². The molecule has 0 aliphatic heterocycles. The highest BCUT2D eigenvalue weighted by atomic mass is 127. The zero-order valence-electron chi connectivity index (χ0n) is 15.9. The molecule has 0 aliphatic carbocycles. The monoisotopic (exact) mass is 528 g/mol. The van der Waals surface area contributed by atoms with Gasteiger partial charge in [0.2, 0.25) is 0 Å². The molecule has 1 heterocycles. The average molecular weight is 528 g/mol. The van der Waals surface area contributed by atoms with Crippen LogP contribution in [0.15, 0.2) is 29.3 Å². The number of nitrogens with zero attached hydrogens (tertiary/aromatic N) is 2. The summed E-state index contributed by atoms with van der Waals surface area (Å²) in [6, 6.07) is 7.21. The Labute approximate surface area is 183 Å². The van der Waals surface area contributed by atoms with Gasteiger partial charge >= 0.3 is 6.18 Å². The quantitative estimate of drug-likeness (QED) is 0.320. The van der Waals surface area contributed by atoms with Crippen LogP contribution in [-0.2, 0) is 24.4 Å². The average Bonchev–Trinajstić information content (AvgIpc) is 2.92. The third kappa shape index (κ3) is 8.74. The first-order valence-electron chi connectivity index (χ1n) is 8.36. The van der Waals surface area contributed by atoms with Gasteiger partial charge < -0.3 is 15.4 Å². The summed E-state index contributed by atoms with van der Waals surface area (Å²) >= 11 is 1.65. The number of thiazole rings is 1. The Morgan fingerprint density at radius 2 is 1.71 bits per heavy atom. The fourth-order valence-electron chi connectivity index (χ4n) is 2.35. The van der Waals surface area contributed by atoms with E-state index in [9.17, 15) is 13.2 Å². The number of ether oxygens (including phenoxy) is 1. The zero-order valence-corrected chi connectivity index (χ0v) is 19.0. The van der Waals surface area contributed by atoms with Crippen LogP contribution in [0.2, 0.25) is 0 Å². The molecule has 0 bridgehead atoms. The molecule has 10 heteroatoms. The largest absolute Gasteiger partial charge is 0.411 e. The van der Waals surface area contributed by atoms with Gasteiger partial charge in [-0.2, -0.15) is 13.2 Å². The minimum absolute atomic E-state index is 0. The van der Waals surface area contributed by atoms with E-state index >= 15 is 0 Å². The summed E-state index contributed by atoms with van der Waals surface area (Å²) in [4.78, 5) is 9.75. The smallest absolute Gasteiger partial charge is 0.367 e. The van der Waals surface area contributed by atoms with Gasteiger partial charge in [0.1, 0.15) is 6.61 Å². The molecule has 0 saturated heterocycles. The number of aromatic nitrogens is 1. The van der Waals surface area contributed by atoms with E-state index in [1.807, 2.05) is 26.0 Å². The number of hydrogen-bond donors (Lipinski definition) is 2. The predicted molar refractivity (Wildman–Crippen MR) is 116 cm³/mol. The lowest BCUT2D eigenvalue weighted by atomic mass is 10.1. The van der Waals surface area contributed by atoms with Crippen LogP contribution in [0.4, 0.5) is 13.2 Å². The Morgan fingerprint density at radius 3 is 2.25 bits per heavy atom. The van der Waals surface area contributed by atoms with Gasteiger partial charge in [-0.1, -0.05) is 24.3 Å². The van der Waals surface area contributed by atoms with Crippen LogP contribution in [0.1, 0.15) is 26.7 Å². The Bertz CT molecular complexity index is 763. The van der Waals surface area contributed by atoms with E-state index in [-0.39, 0.29) is 30.6 Å². The van der Waals surface area contributed by atoms with Crippen molar-refractivity contribution in [2.24, 2.45) is 4.99 Å². The summed E-state index contributed by atoms with van der Waals surface area (Å²) in [5, 5.41) is 7.49. The Balaban J connectivity index is 0.00000392. The maximum Gasteiger partial charge on any atom is 0.411 e. The van der Waals surface area contributed by atoms with Crippen LogP contribution in [0, 0.1) is 13.8 Å².